The Morgan fingerprint density at radius 1 is 1.45 bits per heavy atom. The Hall–Kier alpha value is -2.29. The van der Waals surface area contributed by atoms with E-state index in [0.29, 0.717) is 0 Å². The average Bonchev–Trinajstić information content (AvgIpc) is 2.31. The molecule has 106 valence electrons. The molecule has 20 heavy (non-hydrogen) atoms. The van der Waals surface area contributed by atoms with Gasteiger partial charge in [-0.1, -0.05) is 0 Å². The predicted molar refractivity (Wildman–Crippen MR) is 68.9 cm³/mol. The van der Waals surface area contributed by atoms with Gasteiger partial charge in [-0.25, -0.2) is 17.8 Å². The molecule has 0 bridgehead atoms. The number of nitrogens with one attached hydrogen (secondary N) is 1. The number of benzene rings is 1. The summed E-state index contributed by atoms with van der Waals surface area (Å²) in [7, 11) is -3.70. The zero-order chi connectivity index (χ0) is 14.9. The molecule has 0 aliphatic heterocycles. The van der Waals surface area contributed by atoms with Gasteiger partial charge >= 0.3 is 0 Å². The molecule has 0 saturated carbocycles. The minimum atomic E-state index is -3.70. The molecule has 0 atom stereocenters. The van der Waals surface area contributed by atoms with Gasteiger partial charge in [-0.2, -0.15) is 0 Å². The van der Waals surface area contributed by atoms with E-state index in [4.69, 9.17) is 0 Å². The highest BCUT2D eigenvalue weighted by Crippen LogP contribution is 2.08. The van der Waals surface area contributed by atoms with Gasteiger partial charge in [-0.05, 0) is 18.2 Å². The maximum atomic E-state index is 13.1. The fraction of sp³-hybridized carbons (Fsp3) is 0.182. The molecule has 1 N–H and O–H groups in total. The van der Waals surface area contributed by atoms with E-state index in [1.807, 2.05) is 0 Å². The van der Waals surface area contributed by atoms with Gasteiger partial charge in [0.2, 0.25) is 10.0 Å². The van der Waals surface area contributed by atoms with Crippen LogP contribution in [0.4, 0.5) is 4.39 Å². The van der Waals surface area contributed by atoms with Crippen LogP contribution in [0.5, 0.6) is 0 Å². The van der Waals surface area contributed by atoms with Gasteiger partial charge in [-0.15, -0.1) is 0 Å². The highest BCUT2D eigenvalue weighted by molar-refractivity contribution is 7.89. The van der Waals surface area contributed by atoms with Crippen LogP contribution in [0.2, 0.25) is 0 Å². The Morgan fingerprint density at radius 3 is 2.80 bits per heavy atom. The van der Waals surface area contributed by atoms with Gasteiger partial charge < -0.3 is 0 Å². The minimum absolute atomic E-state index is 0.0136. The van der Waals surface area contributed by atoms with Crippen molar-refractivity contribution >= 4 is 26.8 Å². The number of carbonyl (C=O) groups is 1. The number of aromatic nitrogens is 2. The summed E-state index contributed by atoms with van der Waals surface area (Å²) in [5.74, 6) is -1.48. The van der Waals surface area contributed by atoms with Crippen molar-refractivity contribution in [3.05, 3.63) is 40.7 Å². The third-order valence-electron chi connectivity index (χ3n) is 2.40. The SMILES string of the molecule is CS(=O)(=O)NC(=O)Cn1cnc2ccc(F)cc2c1=O. The number of nitrogens with zero attached hydrogens (tertiary/aromatic N) is 2. The van der Waals surface area contributed by atoms with Crippen molar-refractivity contribution in [1.29, 1.82) is 0 Å². The molecule has 1 aromatic carbocycles. The average molecular weight is 299 g/mol. The Bertz CT molecular complexity index is 844. The Labute approximate surface area is 113 Å². The third kappa shape index (κ3) is 3.18. The number of fused-ring (bicyclic) bond motifs is 1. The van der Waals surface area contributed by atoms with E-state index >= 15 is 0 Å². The van der Waals surface area contributed by atoms with Crippen molar-refractivity contribution < 1.29 is 17.6 Å². The second kappa shape index (κ2) is 5.00. The molecule has 0 fully saturated rings. The topological polar surface area (TPSA) is 98.1 Å². The number of halogens is 1. The first-order valence-corrected chi connectivity index (χ1v) is 7.31. The number of hydrogen-bond donors (Lipinski definition) is 1. The van der Waals surface area contributed by atoms with Gasteiger partial charge in [-0.3, -0.25) is 18.9 Å². The largest absolute Gasteiger partial charge is 0.289 e. The monoisotopic (exact) mass is 299 g/mol. The molecule has 1 heterocycles. The van der Waals surface area contributed by atoms with Crippen molar-refractivity contribution in [2.75, 3.05) is 6.26 Å². The van der Waals surface area contributed by atoms with E-state index in [9.17, 15) is 22.4 Å². The summed E-state index contributed by atoms with van der Waals surface area (Å²) in [4.78, 5) is 27.3. The Kier molecular flexibility index (Phi) is 3.53. The van der Waals surface area contributed by atoms with Crippen LogP contribution in [-0.2, 0) is 21.4 Å². The van der Waals surface area contributed by atoms with E-state index < -0.39 is 33.9 Å². The molecule has 0 spiro atoms. The lowest BCUT2D eigenvalue weighted by Gasteiger charge is -2.06. The highest BCUT2D eigenvalue weighted by atomic mass is 32.2. The summed E-state index contributed by atoms with van der Waals surface area (Å²) in [6, 6.07) is 3.51. The lowest BCUT2D eigenvalue weighted by atomic mass is 10.2. The second-order valence-corrected chi connectivity index (χ2v) is 5.88. The summed E-state index contributed by atoms with van der Waals surface area (Å²) in [5, 5.41) is 0.0136. The van der Waals surface area contributed by atoms with Gasteiger partial charge in [0.25, 0.3) is 11.5 Å². The molecule has 2 rings (SSSR count). The fourth-order valence-corrected chi connectivity index (χ4v) is 2.12. The first-order chi connectivity index (χ1) is 9.26. The zero-order valence-corrected chi connectivity index (χ0v) is 11.1. The molecular weight excluding hydrogens is 289 g/mol. The maximum Gasteiger partial charge on any atom is 0.261 e. The smallest absolute Gasteiger partial charge is 0.261 e. The van der Waals surface area contributed by atoms with Crippen LogP contribution in [0.15, 0.2) is 29.3 Å². The second-order valence-electron chi connectivity index (χ2n) is 4.14. The molecule has 0 aliphatic rings. The lowest BCUT2D eigenvalue weighted by Crippen LogP contribution is -2.35. The fourth-order valence-electron chi connectivity index (χ4n) is 1.64. The summed E-state index contributed by atoms with van der Waals surface area (Å²) in [5.41, 5.74) is -0.339. The molecule has 0 radical (unpaired) electrons. The van der Waals surface area contributed by atoms with E-state index in [0.717, 1.165) is 29.3 Å². The molecule has 0 saturated heterocycles. The Morgan fingerprint density at radius 2 is 2.15 bits per heavy atom. The van der Waals surface area contributed by atoms with Crippen molar-refractivity contribution in [2.45, 2.75) is 6.54 Å². The molecule has 9 heteroatoms. The molecule has 1 aromatic heterocycles. The lowest BCUT2D eigenvalue weighted by molar-refractivity contribution is -0.119. The molecule has 0 unspecified atom stereocenters. The first kappa shape index (κ1) is 14.1. The number of carbonyl (C=O) groups excluding carboxylic acids is 1. The van der Waals surface area contributed by atoms with Crippen molar-refractivity contribution in [3.8, 4) is 0 Å². The van der Waals surface area contributed by atoms with Crippen LogP contribution < -0.4 is 10.3 Å². The quantitative estimate of drug-likeness (QED) is 0.832. The van der Waals surface area contributed by atoms with Gasteiger partial charge in [0.05, 0.1) is 23.5 Å². The van der Waals surface area contributed by atoms with Crippen molar-refractivity contribution in [2.24, 2.45) is 0 Å². The highest BCUT2D eigenvalue weighted by Gasteiger charge is 2.12. The van der Waals surface area contributed by atoms with Crippen LogP contribution in [0.1, 0.15) is 0 Å². The Balaban J connectivity index is 2.39. The standard InChI is InChI=1S/C11H10FN3O4S/c1-20(18,19)14-10(16)5-15-6-13-9-3-2-7(12)4-8(9)11(15)17/h2-4,6H,5H2,1H3,(H,14,16). The number of rotatable bonds is 3. The number of amides is 1. The summed E-state index contributed by atoms with van der Waals surface area (Å²) >= 11 is 0. The van der Waals surface area contributed by atoms with Gasteiger partial charge in [0.1, 0.15) is 12.4 Å². The first-order valence-electron chi connectivity index (χ1n) is 5.41. The summed E-state index contributed by atoms with van der Waals surface area (Å²) in [6.45, 7) is -0.522. The molecular formula is C11H10FN3O4S. The predicted octanol–water partition coefficient (Wildman–Crippen LogP) is -0.389. The summed E-state index contributed by atoms with van der Waals surface area (Å²) < 4.78 is 37.5. The molecule has 0 aliphatic carbocycles. The van der Waals surface area contributed by atoms with Gasteiger partial charge in [0.15, 0.2) is 0 Å². The van der Waals surface area contributed by atoms with E-state index in [-0.39, 0.29) is 10.9 Å². The van der Waals surface area contributed by atoms with Crippen LogP contribution in [0.25, 0.3) is 10.9 Å². The van der Waals surface area contributed by atoms with Crippen molar-refractivity contribution in [3.63, 3.8) is 0 Å². The van der Waals surface area contributed by atoms with Crippen LogP contribution in [0, 0.1) is 5.82 Å². The number of hydrogen-bond acceptors (Lipinski definition) is 5. The van der Waals surface area contributed by atoms with Crippen LogP contribution in [-0.4, -0.2) is 30.1 Å². The van der Waals surface area contributed by atoms with E-state index in [2.05, 4.69) is 4.98 Å². The van der Waals surface area contributed by atoms with E-state index in [1.165, 1.54) is 6.07 Å². The minimum Gasteiger partial charge on any atom is -0.289 e. The van der Waals surface area contributed by atoms with Gasteiger partial charge in [0, 0.05) is 0 Å². The molecule has 1 amide bonds. The van der Waals surface area contributed by atoms with Crippen LogP contribution in [0.3, 0.4) is 0 Å². The van der Waals surface area contributed by atoms with Crippen LogP contribution >= 0.6 is 0 Å². The third-order valence-corrected chi connectivity index (χ3v) is 3.00. The number of sulfonamides is 1. The normalized spacial score (nSPS) is 11.5. The van der Waals surface area contributed by atoms with E-state index in [1.54, 1.807) is 4.72 Å². The maximum absolute atomic E-state index is 13.1. The summed E-state index contributed by atoms with van der Waals surface area (Å²) in [6.07, 6.45) is 1.92. The van der Waals surface area contributed by atoms with Crippen molar-refractivity contribution in [1.82, 2.24) is 14.3 Å². The molecule has 2 aromatic rings. The molecule has 7 nitrogen and oxygen atoms in total. The zero-order valence-electron chi connectivity index (χ0n) is 10.3.